The number of thioether (sulfide) groups is 1. The van der Waals surface area contributed by atoms with Crippen LogP contribution in [0.1, 0.15) is 18.2 Å². The van der Waals surface area contributed by atoms with Gasteiger partial charge in [-0.3, -0.25) is 4.79 Å². The second-order valence-corrected chi connectivity index (χ2v) is 8.03. The Morgan fingerprint density at radius 1 is 1.03 bits per heavy atom. The first kappa shape index (κ1) is 21.8. The van der Waals surface area contributed by atoms with Crippen LogP contribution >= 0.6 is 11.8 Å². The van der Waals surface area contributed by atoms with E-state index >= 15 is 0 Å². The molecule has 4 nitrogen and oxygen atoms in total. The van der Waals surface area contributed by atoms with Gasteiger partial charge in [-0.05, 0) is 18.6 Å². The van der Waals surface area contributed by atoms with E-state index in [1.165, 1.54) is 0 Å². The Kier molecular flexibility index (Phi) is 6.77. The van der Waals surface area contributed by atoms with Crippen LogP contribution in [0.25, 0.3) is 11.3 Å². The average molecular weight is 431 g/mol. The van der Waals surface area contributed by atoms with E-state index in [1.54, 1.807) is 49.2 Å². The highest BCUT2D eigenvalue weighted by atomic mass is 32.2. The summed E-state index contributed by atoms with van der Waals surface area (Å²) < 4.78 is 40.1. The molecule has 8 heteroatoms. The number of carbonyl (C=O) groups excluding carboxylic acids is 1. The van der Waals surface area contributed by atoms with Gasteiger partial charge in [0.15, 0.2) is 5.16 Å². The second-order valence-electron chi connectivity index (χ2n) is 6.72. The van der Waals surface area contributed by atoms with Crippen LogP contribution in [0.3, 0.4) is 0 Å². The van der Waals surface area contributed by atoms with Crippen molar-refractivity contribution < 1.29 is 18.0 Å². The largest absolute Gasteiger partial charge is 0.433 e. The van der Waals surface area contributed by atoms with Crippen molar-refractivity contribution in [3.63, 3.8) is 0 Å². The summed E-state index contributed by atoms with van der Waals surface area (Å²) in [5.74, 6) is -0.217. The molecule has 0 aliphatic rings. The van der Waals surface area contributed by atoms with Crippen molar-refractivity contribution in [3.8, 4) is 11.3 Å². The first-order valence-corrected chi connectivity index (χ1v) is 10.1. The van der Waals surface area contributed by atoms with Crippen LogP contribution < -0.4 is 0 Å². The third-order valence-corrected chi connectivity index (χ3v) is 5.28. The van der Waals surface area contributed by atoms with E-state index in [2.05, 4.69) is 9.97 Å². The summed E-state index contributed by atoms with van der Waals surface area (Å²) in [6, 6.07) is 19.0. The van der Waals surface area contributed by atoms with Crippen LogP contribution in [0.5, 0.6) is 0 Å². The van der Waals surface area contributed by atoms with Gasteiger partial charge in [0.1, 0.15) is 5.69 Å². The van der Waals surface area contributed by atoms with Crippen LogP contribution in [0, 0.1) is 0 Å². The SMILES string of the molecule is C[C@H](Sc1nc(-c2ccccc2)cc(C(F)(F)F)n1)C(=O)N(C)Cc1ccccc1. The van der Waals surface area contributed by atoms with Crippen molar-refractivity contribution in [2.45, 2.75) is 30.1 Å². The highest BCUT2D eigenvalue weighted by Crippen LogP contribution is 2.33. The fourth-order valence-electron chi connectivity index (χ4n) is 2.83. The van der Waals surface area contributed by atoms with Crippen LogP contribution in [-0.4, -0.2) is 33.1 Å². The molecule has 0 radical (unpaired) electrons. The normalized spacial score (nSPS) is 12.4. The molecule has 0 saturated carbocycles. The number of amides is 1. The predicted octanol–water partition coefficient (Wildman–Crippen LogP) is 5.30. The van der Waals surface area contributed by atoms with Crippen molar-refractivity contribution in [1.82, 2.24) is 14.9 Å². The van der Waals surface area contributed by atoms with Gasteiger partial charge in [-0.15, -0.1) is 0 Å². The summed E-state index contributed by atoms with van der Waals surface area (Å²) in [5.41, 5.74) is 0.647. The highest BCUT2D eigenvalue weighted by molar-refractivity contribution is 8.00. The summed E-state index contributed by atoms with van der Waals surface area (Å²) in [7, 11) is 1.66. The lowest BCUT2D eigenvalue weighted by molar-refractivity contribution is -0.141. The summed E-state index contributed by atoms with van der Waals surface area (Å²) in [6.45, 7) is 2.05. The molecule has 1 amide bonds. The van der Waals surface area contributed by atoms with Crippen molar-refractivity contribution >= 4 is 17.7 Å². The minimum absolute atomic E-state index is 0.0855. The Balaban J connectivity index is 1.81. The maximum Gasteiger partial charge on any atom is 0.433 e. The second kappa shape index (κ2) is 9.30. The summed E-state index contributed by atoms with van der Waals surface area (Å²) in [4.78, 5) is 22.2. The fourth-order valence-corrected chi connectivity index (χ4v) is 3.73. The van der Waals surface area contributed by atoms with Gasteiger partial charge in [0, 0.05) is 19.2 Å². The number of hydrogen-bond donors (Lipinski definition) is 0. The average Bonchev–Trinajstić information content (AvgIpc) is 2.73. The fraction of sp³-hybridized carbons (Fsp3) is 0.227. The van der Waals surface area contributed by atoms with E-state index in [9.17, 15) is 18.0 Å². The van der Waals surface area contributed by atoms with Crippen LogP contribution in [-0.2, 0) is 17.5 Å². The molecular weight excluding hydrogens is 411 g/mol. The van der Waals surface area contributed by atoms with Gasteiger partial charge in [0.25, 0.3) is 0 Å². The molecule has 0 bridgehead atoms. The Hall–Kier alpha value is -2.87. The lowest BCUT2D eigenvalue weighted by Crippen LogP contribution is -2.32. The number of benzene rings is 2. The molecule has 0 N–H and O–H groups in total. The molecular formula is C22H20F3N3OS. The maximum absolute atomic E-state index is 13.4. The van der Waals surface area contributed by atoms with E-state index in [1.807, 2.05) is 30.3 Å². The Morgan fingerprint density at radius 3 is 2.23 bits per heavy atom. The van der Waals surface area contributed by atoms with Gasteiger partial charge in [0.05, 0.1) is 10.9 Å². The van der Waals surface area contributed by atoms with Crippen LogP contribution in [0.2, 0.25) is 0 Å². The first-order valence-electron chi connectivity index (χ1n) is 9.21. The van der Waals surface area contributed by atoms with E-state index in [0.717, 1.165) is 23.4 Å². The van der Waals surface area contributed by atoms with Gasteiger partial charge < -0.3 is 4.90 Å². The van der Waals surface area contributed by atoms with E-state index in [0.29, 0.717) is 12.1 Å². The Labute approximate surface area is 177 Å². The third kappa shape index (κ3) is 5.60. The van der Waals surface area contributed by atoms with Crippen molar-refractivity contribution in [2.24, 2.45) is 0 Å². The lowest BCUT2D eigenvalue weighted by Gasteiger charge is -2.21. The monoisotopic (exact) mass is 431 g/mol. The minimum Gasteiger partial charge on any atom is -0.340 e. The molecule has 3 aromatic rings. The highest BCUT2D eigenvalue weighted by Gasteiger charge is 2.34. The molecule has 2 aromatic carbocycles. The summed E-state index contributed by atoms with van der Waals surface area (Å²) in [6.07, 6.45) is -4.61. The van der Waals surface area contributed by atoms with Gasteiger partial charge >= 0.3 is 6.18 Å². The number of nitrogens with zero attached hydrogens (tertiary/aromatic N) is 3. The number of carbonyl (C=O) groups is 1. The van der Waals surface area contributed by atoms with Crippen LogP contribution in [0.15, 0.2) is 71.9 Å². The van der Waals surface area contributed by atoms with Gasteiger partial charge in [-0.25, -0.2) is 9.97 Å². The van der Waals surface area contributed by atoms with Gasteiger partial charge in [-0.1, -0.05) is 72.4 Å². The minimum atomic E-state index is -4.61. The number of aromatic nitrogens is 2. The number of halogens is 3. The molecule has 156 valence electrons. The first-order chi connectivity index (χ1) is 14.2. The Morgan fingerprint density at radius 2 is 1.63 bits per heavy atom. The predicted molar refractivity (Wildman–Crippen MR) is 111 cm³/mol. The summed E-state index contributed by atoms with van der Waals surface area (Å²) in [5, 5.41) is -0.733. The molecule has 3 rings (SSSR count). The van der Waals surface area contributed by atoms with Crippen molar-refractivity contribution in [1.29, 1.82) is 0 Å². The van der Waals surface area contributed by atoms with Crippen LogP contribution in [0.4, 0.5) is 13.2 Å². The molecule has 1 aromatic heterocycles. The third-order valence-electron chi connectivity index (χ3n) is 4.33. The molecule has 0 aliphatic carbocycles. The zero-order valence-electron chi connectivity index (χ0n) is 16.4. The van der Waals surface area contributed by atoms with E-state index < -0.39 is 17.1 Å². The van der Waals surface area contributed by atoms with E-state index in [-0.39, 0.29) is 16.8 Å². The molecule has 30 heavy (non-hydrogen) atoms. The molecule has 1 heterocycles. The van der Waals surface area contributed by atoms with E-state index in [4.69, 9.17) is 0 Å². The number of hydrogen-bond acceptors (Lipinski definition) is 4. The molecule has 1 atom stereocenters. The smallest absolute Gasteiger partial charge is 0.340 e. The van der Waals surface area contributed by atoms with Crippen molar-refractivity contribution in [3.05, 3.63) is 78.0 Å². The molecule has 0 spiro atoms. The lowest BCUT2D eigenvalue weighted by atomic mass is 10.1. The molecule has 0 fully saturated rings. The summed E-state index contributed by atoms with van der Waals surface area (Å²) >= 11 is 0.916. The molecule has 0 aliphatic heterocycles. The molecule has 0 unspecified atom stereocenters. The molecule has 0 saturated heterocycles. The van der Waals surface area contributed by atoms with Gasteiger partial charge in [0.2, 0.25) is 5.91 Å². The number of rotatable bonds is 6. The maximum atomic E-state index is 13.4. The Bertz CT molecular complexity index is 998. The zero-order chi connectivity index (χ0) is 21.7. The standard InChI is InChI=1S/C22H20F3N3OS/c1-15(20(29)28(2)14-16-9-5-3-6-10-16)30-21-26-18(17-11-7-4-8-12-17)13-19(27-21)22(23,24)25/h3-13,15H,14H2,1-2H3/t15-/m0/s1. The topological polar surface area (TPSA) is 46.1 Å². The zero-order valence-corrected chi connectivity index (χ0v) is 17.2. The van der Waals surface area contributed by atoms with Crippen molar-refractivity contribution in [2.75, 3.05) is 7.05 Å². The quantitative estimate of drug-likeness (QED) is 0.392. The van der Waals surface area contributed by atoms with Gasteiger partial charge in [-0.2, -0.15) is 13.2 Å². The number of alkyl halides is 3.